The molecule has 27 heavy (non-hydrogen) atoms. The van der Waals surface area contributed by atoms with Crippen LogP contribution in [0, 0.1) is 12.7 Å². The molecule has 0 saturated heterocycles. The molecule has 1 heterocycles. The smallest absolute Gasteiger partial charge is 0.255 e. The van der Waals surface area contributed by atoms with Crippen molar-refractivity contribution in [1.82, 2.24) is 15.0 Å². The first kappa shape index (κ1) is 16.9. The summed E-state index contributed by atoms with van der Waals surface area (Å²) < 4.78 is 15.1. The van der Waals surface area contributed by atoms with Crippen molar-refractivity contribution >= 4 is 22.6 Å². The molecule has 6 heteroatoms. The second-order valence-electron chi connectivity index (χ2n) is 6.40. The van der Waals surface area contributed by atoms with Gasteiger partial charge in [-0.15, -0.1) is 5.10 Å². The normalized spacial score (nSPS) is 10.9. The molecule has 4 aromatic rings. The number of aromatic nitrogens is 3. The molecule has 0 unspecified atom stereocenters. The van der Waals surface area contributed by atoms with Crippen LogP contribution in [0.5, 0.6) is 0 Å². The van der Waals surface area contributed by atoms with Gasteiger partial charge in [-0.05, 0) is 48.9 Å². The number of anilines is 1. The molecule has 0 atom stereocenters. The molecule has 0 bridgehead atoms. The number of halogens is 1. The number of hydrogen-bond donors (Lipinski definition) is 1. The first-order chi connectivity index (χ1) is 13.1. The summed E-state index contributed by atoms with van der Waals surface area (Å²) in [6, 6.07) is 19.2. The lowest BCUT2D eigenvalue weighted by Crippen LogP contribution is -2.12. The van der Waals surface area contributed by atoms with Gasteiger partial charge in [0.25, 0.3) is 5.91 Å². The number of rotatable bonds is 4. The minimum absolute atomic E-state index is 0.324. The van der Waals surface area contributed by atoms with E-state index in [1.165, 1.54) is 17.7 Å². The lowest BCUT2D eigenvalue weighted by Gasteiger charge is -2.06. The fourth-order valence-corrected chi connectivity index (χ4v) is 2.87. The summed E-state index contributed by atoms with van der Waals surface area (Å²) in [6.45, 7) is 2.65. The van der Waals surface area contributed by atoms with E-state index in [0.29, 0.717) is 23.3 Å². The topological polar surface area (TPSA) is 59.8 Å². The van der Waals surface area contributed by atoms with Crippen LogP contribution in [0.25, 0.3) is 11.0 Å². The lowest BCUT2D eigenvalue weighted by atomic mass is 10.1. The Morgan fingerprint density at radius 1 is 1.07 bits per heavy atom. The monoisotopic (exact) mass is 360 g/mol. The van der Waals surface area contributed by atoms with E-state index in [-0.39, 0.29) is 5.91 Å². The Morgan fingerprint density at radius 2 is 1.89 bits per heavy atom. The van der Waals surface area contributed by atoms with Gasteiger partial charge in [-0.3, -0.25) is 4.79 Å². The molecular formula is C21H17FN4O. The number of fused-ring (bicyclic) bond motifs is 1. The molecule has 0 aliphatic heterocycles. The first-order valence-corrected chi connectivity index (χ1v) is 8.54. The molecule has 134 valence electrons. The number of nitrogens with zero attached hydrogens (tertiary/aromatic N) is 3. The van der Waals surface area contributed by atoms with Crippen LogP contribution in [0.3, 0.4) is 0 Å². The van der Waals surface area contributed by atoms with Crippen molar-refractivity contribution in [2.24, 2.45) is 0 Å². The van der Waals surface area contributed by atoms with E-state index in [1.54, 1.807) is 28.9 Å². The van der Waals surface area contributed by atoms with Crippen LogP contribution in [0.4, 0.5) is 10.1 Å². The zero-order chi connectivity index (χ0) is 18.8. The van der Waals surface area contributed by atoms with Crippen molar-refractivity contribution in [3.05, 3.63) is 89.2 Å². The van der Waals surface area contributed by atoms with Gasteiger partial charge in [-0.1, -0.05) is 41.1 Å². The van der Waals surface area contributed by atoms with Gasteiger partial charge in [0, 0.05) is 11.3 Å². The summed E-state index contributed by atoms with van der Waals surface area (Å²) in [5.74, 6) is -0.724. The highest BCUT2D eigenvalue weighted by atomic mass is 19.1. The predicted molar refractivity (Wildman–Crippen MR) is 102 cm³/mol. The maximum absolute atomic E-state index is 13.3. The average Bonchev–Trinajstić information content (AvgIpc) is 3.06. The van der Waals surface area contributed by atoms with Crippen LogP contribution in [0.15, 0.2) is 66.7 Å². The molecule has 4 rings (SSSR count). The zero-order valence-corrected chi connectivity index (χ0v) is 14.7. The van der Waals surface area contributed by atoms with Gasteiger partial charge in [0.15, 0.2) is 0 Å². The highest BCUT2D eigenvalue weighted by Gasteiger charge is 2.11. The van der Waals surface area contributed by atoms with Gasteiger partial charge in [-0.2, -0.15) is 0 Å². The molecule has 5 nitrogen and oxygen atoms in total. The van der Waals surface area contributed by atoms with Crippen molar-refractivity contribution in [1.29, 1.82) is 0 Å². The van der Waals surface area contributed by atoms with E-state index in [9.17, 15) is 9.18 Å². The lowest BCUT2D eigenvalue weighted by molar-refractivity contribution is 0.102. The summed E-state index contributed by atoms with van der Waals surface area (Å²) in [7, 11) is 0. The molecule has 3 aromatic carbocycles. The molecule has 0 fully saturated rings. The van der Waals surface area contributed by atoms with Crippen LogP contribution >= 0.6 is 0 Å². The Morgan fingerprint density at radius 3 is 2.67 bits per heavy atom. The van der Waals surface area contributed by atoms with Crippen LogP contribution in [0.2, 0.25) is 0 Å². The third-order valence-electron chi connectivity index (χ3n) is 4.31. The molecule has 0 radical (unpaired) electrons. The Labute approximate surface area is 155 Å². The molecule has 0 spiro atoms. The fourth-order valence-electron chi connectivity index (χ4n) is 2.87. The summed E-state index contributed by atoms with van der Waals surface area (Å²) >= 11 is 0. The zero-order valence-electron chi connectivity index (χ0n) is 14.7. The van der Waals surface area contributed by atoms with Gasteiger partial charge in [-0.25, -0.2) is 9.07 Å². The Balaban J connectivity index is 1.56. The van der Waals surface area contributed by atoms with E-state index in [1.807, 2.05) is 13.0 Å². The molecule has 1 amide bonds. The van der Waals surface area contributed by atoms with Gasteiger partial charge in [0.2, 0.25) is 0 Å². The third-order valence-corrected chi connectivity index (χ3v) is 4.31. The van der Waals surface area contributed by atoms with Crippen molar-refractivity contribution in [2.45, 2.75) is 13.5 Å². The Hall–Kier alpha value is -3.54. The Kier molecular flexibility index (Phi) is 4.38. The highest BCUT2D eigenvalue weighted by Crippen LogP contribution is 2.17. The summed E-state index contributed by atoms with van der Waals surface area (Å²) in [5.41, 5.74) is 4.65. The molecule has 1 aromatic heterocycles. The molecule has 0 aliphatic carbocycles. The predicted octanol–water partition coefficient (Wildman–Crippen LogP) is 4.18. The van der Waals surface area contributed by atoms with Crippen LogP contribution in [0.1, 0.15) is 21.5 Å². The van der Waals surface area contributed by atoms with Gasteiger partial charge >= 0.3 is 0 Å². The fraction of sp³-hybridized carbons (Fsp3) is 0.0952. The molecule has 1 N–H and O–H groups in total. The van der Waals surface area contributed by atoms with E-state index in [2.05, 4.69) is 39.9 Å². The third kappa shape index (κ3) is 3.69. The summed E-state index contributed by atoms with van der Waals surface area (Å²) in [6.07, 6.45) is 0. The van der Waals surface area contributed by atoms with Crippen LogP contribution < -0.4 is 5.32 Å². The van der Waals surface area contributed by atoms with Crippen molar-refractivity contribution in [2.75, 3.05) is 5.32 Å². The average molecular weight is 360 g/mol. The largest absolute Gasteiger partial charge is 0.322 e. The van der Waals surface area contributed by atoms with E-state index in [4.69, 9.17) is 0 Å². The van der Waals surface area contributed by atoms with Crippen LogP contribution in [-0.4, -0.2) is 20.9 Å². The number of nitrogens with one attached hydrogen (secondary N) is 1. The van der Waals surface area contributed by atoms with Gasteiger partial charge < -0.3 is 5.32 Å². The SMILES string of the molecule is Cc1ccc(Cn2nnc3cc(C(=O)Nc4cccc(F)c4)ccc32)cc1. The van der Waals surface area contributed by atoms with E-state index >= 15 is 0 Å². The molecule has 0 saturated carbocycles. The van der Waals surface area contributed by atoms with E-state index < -0.39 is 5.82 Å². The van der Waals surface area contributed by atoms with Crippen molar-refractivity contribution in [3.8, 4) is 0 Å². The van der Waals surface area contributed by atoms with E-state index in [0.717, 1.165) is 11.1 Å². The number of benzene rings is 3. The molecule has 0 aliphatic rings. The van der Waals surface area contributed by atoms with Crippen molar-refractivity contribution in [3.63, 3.8) is 0 Å². The van der Waals surface area contributed by atoms with Gasteiger partial charge in [0.05, 0.1) is 12.1 Å². The minimum atomic E-state index is -0.401. The second-order valence-corrected chi connectivity index (χ2v) is 6.40. The number of amides is 1. The maximum atomic E-state index is 13.3. The molecular weight excluding hydrogens is 343 g/mol. The first-order valence-electron chi connectivity index (χ1n) is 8.54. The minimum Gasteiger partial charge on any atom is -0.322 e. The van der Waals surface area contributed by atoms with Crippen LogP contribution in [-0.2, 0) is 6.54 Å². The number of carbonyl (C=O) groups excluding carboxylic acids is 1. The number of hydrogen-bond acceptors (Lipinski definition) is 3. The van der Waals surface area contributed by atoms with Gasteiger partial charge in [0.1, 0.15) is 11.3 Å². The maximum Gasteiger partial charge on any atom is 0.255 e. The Bertz CT molecular complexity index is 1120. The highest BCUT2D eigenvalue weighted by molar-refractivity contribution is 6.05. The number of aryl methyl sites for hydroxylation is 1. The second kappa shape index (κ2) is 6.99. The standard InChI is InChI=1S/C21H17FN4O/c1-14-5-7-15(8-6-14)13-26-20-10-9-16(11-19(20)24-25-26)21(27)23-18-4-2-3-17(22)12-18/h2-12H,13H2,1H3,(H,23,27). The summed E-state index contributed by atoms with van der Waals surface area (Å²) in [4.78, 5) is 12.4. The van der Waals surface area contributed by atoms with Crippen molar-refractivity contribution < 1.29 is 9.18 Å². The number of carbonyl (C=O) groups is 1. The quantitative estimate of drug-likeness (QED) is 0.594. The summed E-state index contributed by atoms with van der Waals surface area (Å²) in [5, 5.41) is 11.0.